The molecule has 1 N–H and O–H groups in total. The normalized spacial score (nSPS) is 9.78. The van der Waals surface area contributed by atoms with Crippen LogP contribution in [-0.2, 0) is 6.42 Å². The highest BCUT2D eigenvalue weighted by molar-refractivity contribution is 5.40. The lowest BCUT2D eigenvalue weighted by Gasteiger charge is -2.06. The average Bonchev–Trinajstić information content (AvgIpc) is 2.39. The van der Waals surface area contributed by atoms with Gasteiger partial charge in [0, 0.05) is 25.0 Å². The number of hydrogen-bond acceptors (Lipinski definition) is 5. The largest absolute Gasteiger partial charge is 0.370 e. The number of aryl methyl sites for hydroxylation is 1. The molecule has 0 spiro atoms. The van der Waals surface area contributed by atoms with Crippen LogP contribution in [0.25, 0.3) is 0 Å². The molecule has 0 aliphatic carbocycles. The molecule has 0 fully saturated rings. The molecule has 2 rings (SSSR count). The maximum atomic E-state index is 8.81. The van der Waals surface area contributed by atoms with Gasteiger partial charge in [-0.1, -0.05) is 0 Å². The molecule has 5 nitrogen and oxygen atoms in total. The molecule has 90 valence electrons. The van der Waals surface area contributed by atoms with E-state index in [9.17, 15) is 0 Å². The highest BCUT2D eigenvalue weighted by Crippen LogP contribution is 2.06. The van der Waals surface area contributed by atoms with Crippen molar-refractivity contribution in [2.45, 2.75) is 13.3 Å². The Morgan fingerprint density at radius 3 is 2.78 bits per heavy atom. The van der Waals surface area contributed by atoms with E-state index in [-0.39, 0.29) is 0 Å². The summed E-state index contributed by atoms with van der Waals surface area (Å²) in [6, 6.07) is 7.63. The minimum atomic E-state index is 0.383. The van der Waals surface area contributed by atoms with Gasteiger partial charge in [-0.25, -0.2) is 9.97 Å². The first-order chi connectivity index (χ1) is 8.78. The van der Waals surface area contributed by atoms with Crippen LogP contribution < -0.4 is 5.32 Å². The van der Waals surface area contributed by atoms with Crippen molar-refractivity contribution in [1.82, 2.24) is 15.0 Å². The standard InChI is InChI=1S/C13H13N5/c1-10-17-12(9-14)8-13(18-10)16-7-4-11-2-5-15-6-3-11/h2-3,5-6,8H,4,7H2,1H3,(H,16,17,18). The molecular weight excluding hydrogens is 226 g/mol. The first-order valence-electron chi connectivity index (χ1n) is 5.66. The predicted molar refractivity (Wildman–Crippen MR) is 67.9 cm³/mol. The first-order valence-corrected chi connectivity index (χ1v) is 5.66. The SMILES string of the molecule is Cc1nc(C#N)cc(NCCc2ccncc2)n1. The van der Waals surface area contributed by atoms with Gasteiger partial charge in [-0.2, -0.15) is 5.26 Å². The Labute approximate surface area is 106 Å². The Bertz CT molecular complexity index is 559. The van der Waals surface area contributed by atoms with Crippen LogP contribution in [0, 0.1) is 18.3 Å². The summed E-state index contributed by atoms with van der Waals surface area (Å²) < 4.78 is 0. The van der Waals surface area contributed by atoms with Crippen LogP contribution in [0.3, 0.4) is 0 Å². The van der Waals surface area contributed by atoms with E-state index in [1.165, 1.54) is 5.56 Å². The third kappa shape index (κ3) is 3.25. The van der Waals surface area contributed by atoms with Crippen LogP contribution in [0.4, 0.5) is 5.82 Å². The lowest BCUT2D eigenvalue weighted by molar-refractivity contribution is 0.973. The molecule has 2 aromatic rings. The zero-order valence-corrected chi connectivity index (χ0v) is 10.1. The second-order valence-corrected chi connectivity index (χ2v) is 3.83. The highest BCUT2D eigenvalue weighted by Gasteiger charge is 2.00. The molecule has 2 aromatic heterocycles. The number of aromatic nitrogens is 3. The smallest absolute Gasteiger partial charge is 0.146 e. The number of hydrogen-bond donors (Lipinski definition) is 1. The Kier molecular flexibility index (Phi) is 3.82. The number of anilines is 1. The molecule has 0 saturated carbocycles. The van der Waals surface area contributed by atoms with E-state index in [0.29, 0.717) is 17.3 Å². The van der Waals surface area contributed by atoms with Crippen LogP contribution in [0.15, 0.2) is 30.6 Å². The van der Waals surface area contributed by atoms with E-state index in [1.807, 2.05) is 18.2 Å². The van der Waals surface area contributed by atoms with Crippen LogP contribution >= 0.6 is 0 Å². The molecule has 0 saturated heterocycles. The van der Waals surface area contributed by atoms with Gasteiger partial charge in [0.05, 0.1) is 0 Å². The predicted octanol–water partition coefficient (Wildman–Crippen LogP) is 1.71. The Balaban J connectivity index is 1.95. The van der Waals surface area contributed by atoms with Crippen molar-refractivity contribution in [3.8, 4) is 6.07 Å². The first kappa shape index (κ1) is 12.0. The van der Waals surface area contributed by atoms with E-state index in [1.54, 1.807) is 25.4 Å². The zero-order chi connectivity index (χ0) is 12.8. The van der Waals surface area contributed by atoms with Crippen molar-refractivity contribution >= 4 is 5.82 Å². The Hall–Kier alpha value is -2.48. The molecule has 0 bridgehead atoms. The summed E-state index contributed by atoms with van der Waals surface area (Å²) in [5.74, 6) is 1.29. The number of nitrogens with one attached hydrogen (secondary N) is 1. The van der Waals surface area contributed by atoms with Crippen LogP contribution in [-0.4, -0.2) is 21.5 Å². The monoisotopic (exact) mass is 239 g/mol. The fourth-order valence-corrected chi connectivity index (χ4v) is 1.60. The molecule has 0 aromatic carbocycles. The fraction of sp³-hybridized carbons (Fsp3) is 0.231. The van der Waals surface area contributed by atoms with Crippen LogP contribution in [0.5, 0.6) is 0 Å². The van der Waals surface area contributed by atoms with E-state index in [4.69, 9.17) is 5.26 Å². The summed E-state index contributed by atoms with van der Waals surface area (Å²) in [5.41, 5.74) is 1.60. The van der Waals surface area contributed by atoms with Gasteiger partial charge in [-0.15, -0.1) is 0 Å². The minimum absolute atomic E-state index is 0.383. The van der Waals surface area contributed by atoms with Gasteiger partial charge in [0.15, 0.2) is 0 Å². The van der Waals surface area contributed by atoms with Crippen molar-refractivity contribution in [1.29, 1.82) is 5.26 Å². The van der Waals surface area contributed by atoms with Gasteiger partial charge < -0.3 is 5.32 Å². The van der Waals surface area contributed by atoms with E-state index < -0.39 is 0 Å². The third-order valence-electron chi connectivity index (χ3n) is 2.42. The molecule has 5 heteroatoms. The third-order valence-corrected chi connectivity index (χ3v) is 2.42. The molecule has 2 heterocycles. The number of rotatable bonds is 4. The van der Waals surface area contributed by atoms with Crippen molar-refractivity contribution in [2.24, 2.45) is 0 Å². The number of pyridine rings is 1. The van der Waals surface area contributed by atoms with Gasteiger partial charge in [-0.05, 0) is 31.0 Å². The lowest BCUT2D eigenvalue weighted by atomic mass is 10.2. The van der Waals surface area contributed by atoms with Crippen LogP contribution in [0.2, 0.25) is 0 Å². The molecule has 18 heavy (non-hydrogen) atoms. The minimum Gasteiger partial charge on any atom is -0.370 e. The van der Waals surface area contributed by atoms with Crippen molar-refractivity contribution in [3.05, 3.63) is 47.7 Å². The van der Waals surface area contributed by atoms with Crippen molar-refractivity contribution in [2.75, 3.05) is 11.9 Å². The lowest BCUT2D eigenvalue weighted by Crippen LogP contribution is -2.08. The van der Waals surface area contributed by atoms with Crippen molar-refractivity contribution < 1.29 is 0 Å². The van der Waals surface area contributed by atoms with Gasteiger partial charge in [0.25, 0.3) is 0 Å². The summed E-state index contributed by atoms with van der Waals surface area (Å²) in [5, 5.41) is 12.0. The molecule has 0 atom stereocenters. The summed E-state index contributed by atoms with van der Waals surface area (Å²) in [6.45, 7) is 2.53. The molecule has 0 aliphatic heterocycles. The molecule has 0 unspecified atom stereocenters. The Morgan fingerprint density at radius 1 is 1.28 bits per heavy atom. The second-order valence-electron chi connectivity index (χ2n) is 3.83. The summed E-state index contributed by atoms with van der Waals surface area (Å²) >= 11 is 0. The van der Waals surface area contributed by atoms with E-state index >= 15 is 0 Å². The average molecular weight is 239 g/mol. The summed E-state index contributed by atoms with van der Waals surface area (Å²) in [6.07, 6.45) is 4.43. The number of nitrogens with zero attached hydrogens (tertiary/aromatic N) is 4. The maximum absolute atomic E-state index is 8.81. The van der Waals surface area contributed by atoms with E-state index in [2.05, 4.69) is 20.3 Å². The van der Waals surface area contributed by atoms with Gasteiger partial charge in [0.1, 0.15) is 23.4 Å². The molecular formula is C13H13N5. The summed E-state index contributed by atoms with van der Waals surface area (Å²) in [7, 11) is 0. The zero-order valence-electron chi connectivity index (χ0n) is 10.1. The fourth-order valence-electron chi connectivity index (χ4n) is 1.60. The quantitative estimate of drug-likeness (QED) is 0.879. The van der Waals surface area contributed by atoms with Crippen LogP contribution in [0.1, 0.15) is 17.1 Å². The van der Waals surface area contributed by atoms with Crippen molar-refractivity contribution in [3.63, 3.8) is 0 Å². The number of nitriles is 1. The topological polar surface area (TPSA) is 74.5 Å². The molecule has 0 aliphatic rings. The highest BCUT2D eigenvalue weighted by atomic mass is 15.0. The summed E-state index contributed by atoms with van der Waals surface area (Å²) in [4.78, 5) is 12.2. The molecule has 0 amide bonds. The maximum Gasteiger partial charge on any atom is 0.146 e. The van der Waals surface area contributed by atoms with Gasteiger partial charge in [0.2, 0.25) is 0 Å². The van der Waals surface area contributed by atoms with E-state index in [0.717, 1.165) is 13.0 Å². The second kappa shape index (κ2) is 5.73. The van der Waals surface area contributed by atoms with Gasteiger partial charge >= 0.3 is 0 Å². The molecule has 0 radical (unpaired) electrons. The van der Waals surface area contributed by atoms with Gasteiger partial charge in [-0.3, -0.25) is 4.98 Å². The Morgan fingerprint density at radius 2 is 2.06 bits per heavy atom.